The number of aliphatic hydroxyl groups is 1. The highest BCUT2D eigenvalue weighted by atomic mass is 19.1. The van der Waals surface area contributed by atoms with Crippen LogP contribution >= 0.6 is 0 Å². The largest absolute Gasteiger partial charge is 0.508 e. The van der Waals surface area contributed by atoms with E-state index < -0.39 is 6.10 Å². The number of ether oxygens (including phenoxy) is 1. The molecular weight excluding hydrogens is 323 g/mol. The van der Waals surface area contributed by atoms with Crippen molar-refractivity contribution in [1.82, 2.24) is 4.90 Å². The van der Waals surface area contributed by atoms with Crippen LogP contribution in [0.25, 0.3) is 0 Å². The number of rotatable bonds is 6. The Morgan fingerprint density at radius 3 is 2.36 bits per heavy atom. The molecule has 1 fully saturated rings. The minimum absolute atomic E-state index is 0.181. The minimum Gasteiger partial charge on any atom is -0.508 e. The van der Waals surface area contributed by atoms with Crippen LogP contribution < -0.4 is 9.64 Å². The highest BCUT2D eigenvalue weighted by molar-refractivity contribution is 5.48. The zero-order valence-electron chi connectivity index (χ0n) is 14.0. The Hall–Kier alpha value is -2.31. The van der Waals surface area contributed by atoms with Crippen molar-refractivity contribution in [2.45, 2.75) is 6.10 Å². The van der Waals surface area contributed by atoms with Gasteiger partial charge in [0, 0.05) is 32.7 Å². The van der Waals surface area contributed by atoms with Crippen molar-refractivity contribution in [2.24, 2.45) is 0 Å². The smallest absolute Gasteiger partial charge is 0.146 e. The molecule has 2 N–H and O–H groups in total. The number of phenolic OH excluding ortho intramolecular Hbond substituents is 1. The molecule has 0 aromatic heterocycles. The summed E-state index contributed by atoms with van der Waals surface area (Å²) in [6.07, 6.45) is -0.603. The monoisotopic (exact) mass is 346 g/mol. The fourth-order valence-electron chi connectivity index (χ4n) is 2.97. The normalized spacial score (nSPS) is 16.6. The maximum atomic E-state index is 13.8. The van der Waals surface area contributed by atoms with Crippen molar-refractivity contribution in [3.05, 3.63) is 54.3 Å². The SMILES string of the molecule is Oc1ccc(OC[C@H](O)CN2CCN(c3ccccc3F)CC2)cc1. The lowest BCUT2D eigenvalue weighted by atomic mass is 10.2. The molecule has 1 heterocycles. The number of anilines is 1. The van der Waals surface area contributed by atoms with Gasteiger partial charge in [-0.15, -0.1) is 0 Å². The Balaban J connectivity index is 1.42. The van der Waals surface area contributed by atoms with Crippen molar-refractivity contribution >= 4 is 5.69 Å². The van der Waals surface area contributed by atoms with Gasteiger partial charge in [0.15, 0.2) is 0 Å². The molecule has 25 heavy (non-hydrogen) atoms. The molecule has 1 atom stereocenters. The van der Waals surface area contributed by atoms with E-state index in [9.17, 15) is 14.6 Å². The van der Waals surface area contributed by atoms with Crippen LogP contribution in [0.3, 0.4) is 0 Å². The third-order valence-corrected chi connectivity index (χ3v) is 4.31. The Kier molecular flexibility index (Phi) is 5.73. The Morgan fingerprint density at radius 2 is 1.68 bits per heavy atom. The first-order chi connectivity index (χ1) is 12.1. The molecule has 134 valence electrons. The fraction of sp³-hybridized carbons (Fsp3) is 0.368. The van der Waals surface area contributed by atoms with Gasteiger partial charge >= 0.3 is 0 Å². The maximum absolute atomic E-state index is 13.8. The average Bonchev–Trinajstić information content (AvgIpc) is 2.62. The van der Waals surface area contributed by atoms with Crippen LogP contribution in [0.1, 0.15) is 0 Å². The first-order valence-corrected chi connectivity index (χ1v) is 8.43. The number of phenols is 1. The minimum atomic E-state index is -0.603. The lowest BCUT2D eigenvalue weighted by Gasteiger charge is -2.36. The molecule has 0 amide bonds. The molecule has 0 bridgehead atoms. The van der Waals surface area contributed by atoms with E-state index >= 15 is 0 Å². The van der Waals surface area contributed by atoms with Crippen LogP contribution in [-0.4, -0.2) is 60.5 Å². The van der Waals surface area contributed by atoms with Crippen molar-refractivity contribution in [1.29, 1.82) is 0 Å². The predicted molar refractivity (Wildman–Crippen MR) is 94.7 cm³/mol. The molecule has 0 radical (unpaired) electrons. The lowest BCUT2D eigenvalue weighted by molar-refractivity contribution is 0.0662. The number of aliphatic hydroxyl groups excluding tert-OH is 1. The van der Waals surface area contributed by atoms with E-state index in [0.717, 1.165) is 26.2 Å². The summed E-state index contributed by atoms with van der Waals surface area (Å²) in [5.74, 6) is 0.597. The van der Waals surface area contributed by atoms with Gasteiger partial charge in [-0.2, -0.15) is 0 Å². The van der Waals surface area contributed by atoms with Gasteiger partial charge in [-0.05, 0) is 36.4 Å². The van der Waals surface area contributed by atoms with E-state index in [4.69, 9.17) is 4.74 Å². The molecule has 2 aromatic rings. The summed E-state index contributed by atoms with van der Waals surface area (Å²) in [6, 6.07) is 13.2. The topological polar surface area (TPSA) is 56.2 Å². The summed E-state index contributed by atoms with van der Waals surface area (Å²) in [7, 11) is 0. The number of nitrogens with zero attached hydrogens (tertiary/aromatic N) is 2. The van der Waals surface area contributed by atoms with Gasteiger partial charge < -0.3 is 19.8 Å². The van der Waals surface area contributed by atoms with E-state index in [0.29, 0.717) is 18.0 Å². The van der Waals surface area contributed by atoms with Crippen molar-refractivity contribution < 1.29 is 19.3 Å². The van der Waals surface area contributed by atoms with Gasteiger partial charge in [0.05, 0.1) is 5.69 Å². The molecule has 1 aliphatic rings. The molecule has 6 heteroatoms. The van der Waals surface area contributed by atoms with Gasteiger partial charge in [0.1, 0.15) is 30.0 Å². The summed E-state index contributed by atoms with van der Waals surface area (Å²) in [5, 5.41) is 19.4. The predicted octanol–water partition coefficient (Wildman–Crippen LogP) is 2.09. The van der Waals surface area contributed by atoms with E-state index in [1.807, 2.05) is 11.0 Å². The molecule has 1 aliphatic heterocycles. The second-order valence-corrected chi connectivity index (χ2v) is 6.20. The number of β-amino-alcohol motifs (C(OH)–C–C–N with tert-alkyl or cyclic N) is 1. The van der Waals surface area contributed by atoms with E-state index in [2.05, 4.69) is 4.90 Å². The van der Waals surface area contributed by atoms with Gasteiger partial charge in [0.25, 0.3) is 0 Å². The van der Waals surface area contributed by atoms with Gasteiger partial charge in [0.2, 0.25) is 0 Å². The van der Waals surface area contributed by atoms with E-state index in [-0.39, 0.29) is 18.2 Å². The molecule has 2 aromatic carbocycles. The standard InChI is InChI=1S/C19H23FN2O3/c20-18-3-1-2-4-19(18)22-11-9-21(10-12-22)13-16(24)14-25-17-7-5-15(23)6-8-17/h1-8,16,23-24H,9-14H2/t16-/m1/s1. The summed E-state index contributed by atoms with van der Waals surface area (Å²) >= 11 is 0. The van der Waals surface area contributed by atoms with Gasteiger partial charge in [-0.25, -0.2) is 4.39 Å². The molecule has 0 aliphatic carbocycles. The number of aromatic hydroxyl groups is 1. The second-order valence-electron chi connectivity index (χ2n) is 6.20. The van der Waals surface area contributed by atoms with Gasteiger partial charge in [-0.1, -0.05) is 12.1 Å². The quantitative estimate of drug-likeness (QED) is 0.839. The lowest BCUT2D eigenvalue weighted by Crippen LogP contribution is -2.49. The summed E-state index contributed by atoms with van der Waals surface area (Å²) in [6.45, 7) is 3.70. The van der Waals surface area contributed by atoms with Crippen LogP contribution in [0.4, 0.5) is 10.1 Å². The van der Waals surface area contributed by atoms with Gasteiger partial charge in [-0.3, -0.25) is 4.90 Å². The number of hydrogen-bond acceptors (Lipinski definition) is 5. The Labute approximate surface area is 146 Å². The summed E-state index contributed by atoms with van der Waals surface area (Å²) in [5.41, 5.74) is 0.637. The second kappa shape index (κ2) is 8.18. The third kappa shape index (κ3) is 4.84. The Bertz CT molecular complexity index is 673. The highest BCUT2D eigenvalue weighted by Crippen LogP contribution is 2.20. The summed E-state index contributed by atoms with van der Waals surface area (Å²) in [4.78, 5) is 4.19. The van der Waals surface area contributed by atoms with Crippen molar-refractivity contribution in [3.63, 3.8) is 0 Å². The maximum Gasteiger partial charge on any atom is 0.146 e. The molecule has 1 saturated heterocycles. The zero-order valence-corrected chi connectivity index (χ0v) is 14.0. The van der Waals surface area contributed by atoms with Crippen LogP contribution in [0.5, 0.6) is 11.5 Å². The first kappa shape index (κ1) is 17.5. The van der Waals surface area contributed by atoms with E-state index in [1.165, 1.54) is 6.07 Å². The third-order valence-electron chi connectivity index (χ3n) is 4.31. The number of halogens is 1. The molecule has 0 spiro atoms. The number of para-hydroxylation sites is 1. The van der Waals surface area contributed by atoms with Crippen molar-refractivity contribution in [2.75, 3.05) is 44.2 Å². The average molecular weight is 346 g/mol. The van der Waals surface area contributed by atoms with Crippen LogP contribution in [-0.2, 0) is 0 Å². The molecule has 0 unspecified atom stereocenters. The number of piperazine rings is 1. The van der Waals surface area contributed by atoms with Crippen molar-refractivity contribution in [3.8, 4) is 11.5 Å². The van der Waals surface area contributed by atoms with Crippen LogP contribution in [0.2, 0.25) is 0 Å². The first-order valence-electron chi connectivity index (χ1n) is 8.43. The molecule has 3 rings (SSSR count). The number of hydrogen-bond donors (Lipinski definition) is 2. The fourth-order valence-corrected chi connectivity index (χ4v) is 2.97. The Morgan fingerprint density at radius 1 is 1.00 bits per heavy atom. The molecular formula is C19H23FN2O3. The molecule has 5 nitrogen and oxygen atoms in total. The summed E-state index contributed by atoms with van der Waals surface area (Å²) < 4.78 is 19.4. The van der Waals surface area contributed by atoms with E-state index in [1.54, 1.807) is 36.4 Å². The zero-order chi connectivity index (χ0) is 17.6. The molecule has 0 saturated carbocycles. The highest BCUT2D eigenvalue weighted by Gasteiger charge is 2.21. The number of benzene rings is 2. The van der Waals surface area contributed by atoms with Crippen LogP contribution in [0, 0.1) is 5.82 Å². The van der Waals surface area contributed by atoms with Crippen LogP contribution in [0.15, 0.2) is 48.5 Å².